The van der Waals surface area contributed by atoms with Gasteiger partial charge in [-0.05, 0) is 24.1 Å². The van der Waals surface area contributed by atoms with Crippen molar-refractivity contribution < 1.29 is 18.3 Å². The molecule has 112 valence electrons. The molecule has 2 rings (SSSR count). The summed E-state index contributed by atoms with van der Waals surface area (Å²) in [6.45, 7) is 2.08. The third kappa shape index (κ3) is 3.26. The van der Waals surface area contributed by atoms with Crippen molar-refractivity contribution in [1.29, 1.82) is 0 Å². The van der Waals surface area contributed by atoms with E-state index in [-0.39, 0.29) is 12.3 Å². The van der Waals surface area contributed by atoms with Gasteiger partial charge in [-0.25, -0.2) is 0 Å². The van der Waals surface area contributed by atoms with E-state index in [1.807, 2.05) is 0 Å². The quantitative estimate of drug-likeness (QED) is 0.945. The molecule has 1 aromatic carbocycles. The predicted molar refractivity (Wildman–Crippen MR) is 72.3 cm³/mol. The smallest absolute Gasteiger partial charge is 0.416 e. The van der Waals surface area contributed by atoms with E-state index in [0.29, 0.717) is 17.7 Å². The zero-order chi connectivity index (χ0) is 15.6. The van der Waals surface area contributed by atoms with Crippen LogP contribution in [0.15, 0.2) is 41.3 Å². The van der Waals surface area contributed by atoms with Gasteiger partial charge in [-0.3, -0.25) is 4.79 Å². The van der Waals surface area contributed by atoms with Crippen molar-refractivity contribution in [3.63, 3.8) is 0 Å². The molecule has 0 fully saturated rings. The van der Waals surface area contributed by atoms with Crippen molar-refractivity contribution in [2.24, 2.45) is 0 Å². The highest BCUT2D eigenvalue weighted by Crippen LogP contribution is 2.29. The Kier molecular flexibility index (Phi) is 4.06. The van der Waals surface area contributed by atoms with Crippen LogP contribution in [0.1, 0.15) is 23.7 Å². The van der Waals surface area contributed by atoms with Gasteiger partial charge in [-0.2, -0.15) is 13.2 Å². The van der Waals surface area contributed by atoms with Crippen LogP contribution in [-0.2, 0) is 19.1 Å². The Morgan fingerprint density at radius 3 is 2.29 bits per heavy atom. The number of pyridine rings is 1. The van der Waals surface area contributed by atoms with Gasteiger partial charge in [0.15, 0.2) is 5.75 Å². The first-order chi connectivity index (χ1) is 9.82. The molecule has 0 spiro atoms. The molecule has 21 heavy (non-hydrogen) atoms. The van der Waals surface area contributed by atoms with Gasteiger partial charge in [-0.15, -0.1) is 0 Å². The maximum atomic E-state index is 12.5. The molecule has 0 radical (unpaired) electrons. The van der Waals surface area contributed by atoms with Crippen LogP contribution < -0.4 is 5.43 Å². The first kappa shape index (κ1) is 15.2. The maximum Gasteiger partial charge on any atom is 0.416 e. The Morgan fingerprint density at radius 2 is 1.76 bits per heavy atom. The summed E-state index contributed by atoms with van der Waals surface area (Å²) in [4.78, 5) is 11.4. The number of hydrogen-bond acceptors (Lipinski definition) is 2. The number of aromatic nitrogens is 1. The second-order valence-electron chi connectivity index (χ2n) is 4.65. The van der Waals surface area contributed by atoms with Crippen molar-refractivity contribution in [3.8, 4) is 5.75 Å². The number of nitrogens with zero attached hydrogens (tertiary/aromatic N) is 1. The average Bonchev–Trinajstić information content (AvgIpc) is 2.43. The van der Waals surface area contributed by atoms with Gasteiger partial charge in [0.05, 0.1) is 11.3 Å². The highest BCUT2D eigenvalue weighted by molar-refractivity contribution is 5.29. The standard InChI is InChI=1S/C15H14F3NO2/c1-2-12-14(21)13(20)7-8-19(12)9-10-3-5-11(6-4-10)15(16,17)18/h3-8,21H,2,9H2,1H3. The predicted octanol–water partition coefficient (Wildman–Crippen LogP) is 3.18. The lowest BCUT2D eigenvalue weighted by Gasteiger charge is -2.14. The SMILES string of the molecule is CCc1c(O)c(=O)ccn1Cc1ccc(C(F)(F)F)cc1. The molecule has 0 atom stereocenters. The minimum atomic E-state index is -4.36. The molecule has 0 unspecified atom stereocenters. The maximum absolute atomic E-state index is 12.5. The number of halogens is 3. The Labute approximate surface area is 119 Å². The van der Waals surface area contributed by atoms with Crippen LogP contribution in [0.4, 0.5) is 13.2 Å². The summed E-state index contributed by atoms with van der Waals surface area (Å²) in [5, 5.41) is 9.73. The number of benzene rings is 1. The van der Waals surface area contributed by atoms with Gasteiger partial charge in [0.25, 0.3) is 0 Å². The molecule has 0 amide bonds. The second kappa shape index (κ2) is 5.63. The first-order valence-electron chi connectivity index (χ1n) is 6.40. The lowest BCUT2D eigenvalue weighted by molar-refractivity contribution is -0.137. The van der Waals surface area contributed by atoms with E-state index in [1.54, 1.807) is 11.5 Å². The molecular formula is C15H14F3NO2. The van der Waals surface area contributed by atoms with Crippen molar-refractivity contribution in [2.75, 3.05) is 0 Å². The summed E-state index contributed by atoms with van der Waals surface area (Å²) in [5.41, 5.74) is -0.0524. The van der Waals surface area contributed by atoms with Crippen LogP contribution in [0.3, 0.4) is 0 Å². The van der Waals surface area contributed by atoms with Crippen molar-refractivity contribution in [2.45, 2.75) is 26.1 Å². The van der Waals surface area contributed by atoms with Crippen molar-refractivity contribution >= 4 is 0 Å². The van der Waals surface area contributed by atoms with E-state index in [9.17, 15) is 23.1 Å². The van der Waals surface area contributed by atoms with E-state index in [4.69, 9.17) is 0 Å². The lowest BCUT2D eigenvalue weighted by Crippen LogP contribution is -2.13. The van der Waals surface area contributed by atoms with Gasteiger partial charge >= 0.3 is 6.18 Å². The molecule has 1 N–H and O–H groups in total. The number of rotatable bonds is 3. The van der Waals surface area contributed by atoms with Crippen molar-refractivity contribution in [3.05, 3.63) is 63.6 Å². The Balaban J connectivity index is 2.31. The van der Waals surface area contributed by atoms with Crippen LogP contribution in [-0.4, -0.2) is 9.67 Å². The van der Waals surface area contributed by atoms with Crippen LogP contribution in [0, 0.1) is 0 Å². The molecule has 0 aliphatic carbocycles. The zero-order valence-corrected chi connectivity index (χ0v) is 11.3. The van der Waals surface area contributed by atoms with Crippen LogP contribution in [0.5, 0.6) is 5.75 Å². The topological polar surface area (TPSA) is 42.2 Å². The summed E-state index contributed by atoms with van der Waals surface area (Å²) in [6.07, 6.45) is -2.39. The van der Waals surface area contributed by atoms with E-state index in [1.165, 1.54) is 24.4 Å². The van der Waals surface area contributed by atoms with Crippen LogP contribution in [0.25, 0.3) is 0 Å². The van der Waals surface area contributed by atoms with Gasteiger partial charge in [0.1, 0.15) is 0 Å². The van der Waals surface area contributed by atoms with Gasteiger partial charge in [-0.1, -0.05) is 19.1 Å². The fourth-order valence-electron chi connectivity index (χ4n) is 2.12. The number of alkyl halides is 3. The highest BCUT2D eigenvalue weighted by atomic mass is 19.4. The van der Waals surface area contributed by atoms with Crippen LogP contribution >= 0.6 is 0 Å². The minimum Gasteiger partial charge on any atom is -0.503 e. The zero-order valence-electron chi connectivity index (χ0n) is 11.3. The Hall–Kier alpha value is -2.24. The largest absolute Gasteiger partial charge is 0.503 e. The molecule has 1 heterocycles. The Morgan fingerprint density at radius 1 is 1.14 bits per heavy atom. The first-order valence-corrected chi connectivity index (χ1v) is 6.40. The third-order valence-electron chi connectivity index (χ3n) is 3.23. The van der Waals surface area contributed by atoms with E-state index in [0.717, 1.165) is 12.1 Å². The average molecular weight is 297 g/mol. The molecule has 2 aromatic rings. The second-order valence-corrected chi connectivity index (χ2v) is 4.65. The number of hydrogen-bond donors (Lipinski definition) is 1. The highest BCUT2D eigenvalue weighted by Gasteiger charge is 2.29. The molecule has 1 aromatic heterocycles. The molecule has 0 saturated heterocycles. The molecule has 0 bridgehead atoms. The number of aromatic hydroxyl groups is 1. The fraction of sp³-hybridized carbons (Fsp3) is 0.267. The third-order valence-corrected chi connectivity index (χ3v) is 3.23. The van der Waals surface area contributed by atoms with Crippen molar-refractivity contribution in [1.82, 2.24) is 4.57 Å². The summed E-state index contributed by atoms with van der Waals surface area (Å²) in [5.74, 6) is -0.313. The summed E-state index contributed by atoms with van der Waals surface area (Å²) in [7, 11) is 0. The summed E-state index contributed by atoms with van der Waals surface area (Å²) < 4.78 is 39.1. The fourth-order valence-corrected chi connectivity index (χ4v) is 2.12. The molecular weight excluding hydrogens is 283 g/mol. The minimum absolute atomic E-state index is 0.287. The van der Waals surface area contributed by atoms with Crippen LogP contribution in [0.2, 0.25) is 0 Å². The van der Waals surface area contributed by atoms with Gasteiger partial charge < -0.3 is 9.67 Å². The molecule has 0 aliphatic rings. The molecule has 3 nitrogen and oxygen atoms in total. The Bertz CT molecular complexity index is 688. The van der Waals surface area contributed by atoms with E-state index in [2.05, 4.69) is 0 Å². The molecule has 0 aliphatic heterocycles. The van der Waals surface area contributed by atoms with Gasteiger partial charge in [0.2, 0.25) is 5.43 Å². The van der Waals surface area contributed by atoms with Gasteiger partial charge in [0, 0.05) is 18.8 Å². The van der Waals surface area contributed by atoms with E-state index < -0.39 is 17.2 Å². The monoisotopic (exact) mass is 297 g/mol. The molecule has 0 saturated carbocycles. The summed E-state index contributed by atoms with van der Waals surface area (Å²) >= 11 is 0. The molecule has 6 heteroatoms. The normalized spacial score (nSPS) is 11.6. The lowest BCUT2D eigenvalue weighted by atomic mass is 10.1. The van der Waals surface area contributed by atoms with E-state index >= 15 is 0 Å². The summed E-state index contributed by atoms with van der Waals surface area (Å²) in [6, 6.07) is 6.04.